The Kier molecular flexibility index (Phi) is 3.52. The van der Waals surface area contributed by atoms with E-state index in [4.69, 9.17) is 4.52 Å². The van der Waals surface area contributed by atoms with Crippen molar-refractivity contribution in [2.75, 3.05) is 19.6 Å². The van der Waals surface area contributed by atoms with Crippen LogP contribution in [0.3, 0.4) is 0 Å². The number of benzene rings is 1. The Morgan fingerprint density at radius 3 is 2.95 bits per heavy atom. The molecule has 1 aliphatic heterocycles. The van der Waals surface area contributed by atoms with E-state index < -0.39 is 0 Å². The van der Waals surface area contributed by atoms with Gasteiger partial charge in [-0.2, -0.15) is 0 Å². The van der Waals surface area contributed by atoms with Gasteiger partial charge in [-0.1, -0.05) is 35.5 Å². The number of hydrogen-bond acceptors (Lipinski definition) is 4. The summed E-state index contributed by atoms with van der Waals surface area (Å²) in [5, 5.41) is 7.29. The molecule has 1 aliphatic rings. The maximum Gasteiger partial charge on any atom is 0.292 e. The lowest BCUT2D eigenvalue weighted by molar-refractivity contribution is 0.0667. The number of aromatic nitrogens is 1. The van der Waals surface area contributed by atoms with Crippen LogP contribution in [0.4, 0.5) is 0 Å². The maximum absolute atomic E-state index is 12.4. The van der Waals surface area contributed by atoms with Gasteiger partial charge in [0.05, 0.1) is 0 Å². The Morgan fingerprint density at radius 1 is 1.40 bits per heavy atom. The number of rotatable bonds is 2. The first-order valence-electron chi connectivity index (χ1n) is 6.79. The highest BCUT2D eigenvalue weighted by Crippen LogP contribution is 2.19. The van der Waals surface area contributed by atoms with Gasteiger partial charge in [0, 0.05) is 37.3 Å². The van der Waals surface area contributed by atoms with Crippen molar-refractivity contribution in [3.05, 3.63) is 42.2 Å². The molecule has 0 bridgehead atoms. The molecule has 1 N–H and O–H groups in total. The summed E-state index contributed by atoms with van der Waals surface area (Å²) in [6, 6.07) is 11.7. The van der Waals surface area contributed by atoms with Crippen LogP contribution in [-0.4, -0.2) is 41.6 Å². The van der Waals surface area contributed by atoms with Gasteiger partial charge in [0.15, 0.2) is 0 Å². The third kappa shape index (κ3) is 2.58. The van der Waals surface area contributed by atoms with Crippen molar-refractivity contribution in [1.82, 2.24) is 15.4 Å². The molecule has 1 aromatic heterocycles. The number of carbonyl (C=O) groups excluding carboxylic acids is 1. The normalized spacial score (nSPS) is 19.1. The van der Waals surface area contributed by atoms with Gasteiger partial charge in [0.1, 0.15) is 5.69 Å². The van der Waals surface area contributed by atoms with Gasteiger partial charge in [-0.15, -0.1) is 0 Å². The van der Waals surface area contributed by atoms with Gasteiger partial charge in [-0.25, -0.2) is 0 Å². The fourth-order valence-corrected chi connectivity index (χ4v) is 2.39. The summed E-state index contributed by atoms with van der Waals surface area (Å²) in [6.07, 6.45) is 0. The summed E-state index contributed by atoms with van der Waals surface area (Å²) >= 11 is 0. The van der Waals surface area contributed by atoms with Crippen molar-refractivity contribution in [2.24, 2.45) is 0 Å². The van der Waals surface area contributed by atoms with Gasteiger partial charge in [0.2, 0.25) is 5.76 Å². The molecule has 1 amide bonds. The van der Waals surface area contributed by atoms with Crippen LogP contribution in [0, 0.1) is 0 Å². The predicted molar refractivity (Wildman–Crippen MR) is 75.3 cm³/mol. The van der Waals surface area contributed by atoms with Gasteiger partial charge in [-0.3, -0.25) is 4.79 Å². The van der Waals surface area contributed by atoms with Crippen LogP contribution in [0.1, 0.15) is 17.5 Å². The SMILES string of the molecule is CC1CN(C(=O)c2cc(-c3ccccc3)no2)CCN1. The lowest BCUT2D eigenvalue weighted by atomic mass is 10.1. The molecule has 1 saturated heterocycles. The van der Waals surface area contributed by atoms with Crippen LogP contribution in [-0.2, 0) is 0 Å². The zero-order chi connectivity index (χ0) is 13.9. The number of hydrogen-bond donors (Lipinski definition) is 1. The van der Waals surface area contributed by atoms with Crippen LogP contribution in [0.25, 0.3) is 11.3 Å². The third-order valence-corrected chi connectivity index (χ3v) is 3.45. The topological polar surface area (TPSA) is 58.4 Å². The summed E-state index contributed by atoms with van der Waals surface area (Å²) < 4.78 is 5.21. The smallest absolute Gasteiger partial charge is 0.292 e. The minimum atomic E-state index is -0.0898. The molecule has 5 heteroatoms. The third-order valence-electron chi connectivity index (χ3n) is 3.45. The van der Waals surface area contributed by atoms with Crippen LogP contribution in [0.15, 0.2) is 40.9 Å². The molecule has 2 heterocycles. The van der Waals surface area contributed by atoms with Gasteiger partial charge < -0.3 is 14.7 Å². The quantitative estimate of drug-likeness (QED) is 0.904. The largest absolute Gasteiger partial charge is 0.350 e. The van der Waals surface area contributed by atoms with Crippen LogP contribution in [0.2, 0.25) is 0 Å². The first-order valence-corrected chi connectivity index (χ1v) is 6.79. The van der Waals surface area contributed by atoms with E-state index in [9.17, 15) is 4.79 Å². The molecular weight excluding hydrogens is 254 g/mol. The summed E-state index contributed by atoms with van der Waals surface area (Å²) in [5.41, 5.74) is 1.64. The van der Waals surface area contributed by atoms with Crippen molar-refractivity contribution in [3.8, 4) is 11.3 Å². The standard InChI is InChI=1S/C15H17N3O2/c1-11-10-18(8-7-16-11)15(19)14-9-13(17-20-14)12-5-3-2-4-6-12/h2-6,9,11,16H,7-8,10H2,1H3. The van der Waals surface area contributed by atoms with Gasteiger partial charge in [-0.05, 0) is 6.92 Å². The second-order valence-corrected chi connectivity index (χ2v) is 5.05. The molecule has 0 aliphatic carbocycles. The molecule has 0 saturated carbocycles. The van der Waals surface area contributed by atoms with E-state index in [2.05, 4.69) is 17.4 Å². The Labute approximate surface area is 117 Å². The van der Waals surface area contributed by atoms with E-state index in [0.29, 0.717) is 30.6 Å². The average molecular weight is 271 g/mol. The van der Waals surface area contributed by atoms with E-state index in [1.54, 1.807) is 11.0 Å². The van der Waals surface area contributed by atoms with E-state index in [1.165, 1.54) is 0 Å². The van der Waals surface area contributed by atoms with E-state index in [1.807, 2.05) is 30.3 Å². The first-order chi connectivity index (χ1) is 9.74. The van der Waals surface area contributed by atoms with Crippen LogP contribution >= 0.6 is 0 Å². The Balaban J connectivity index is 1.78. The fourth-order valence-electron chi connectivity index (χ4n) is 2.39. The zero-order valence-corrected chi connectivity index (χ0v) is 11.4. The van der Waals surface area contributed by atoms with Crippen LogP contribution < -0.4 is 5.32 Å². The molecule has 20 heavy (non-hydrogen) atoms. The van der Waals surface area contributed by atoms with E-state index >= 15 is 0 Å². The lowest BCUT2D eigenvalue weighted by Crippen LogP contribution is -2.51. The average Bonchev–Trinajstić information content (AvgIpc) is 2.97. The molecule has 1 unspecified atom stereocenters. The highest BCUT2D eigenvalue weighted by molar-refractivity contribution is 5.92. The number of nitrogens with one attached hydrogen (secondary N) is 1. The maximum atomic E-state index is 12.4. The highest BCUT2D eigenvalue weighted by atomic mass is 16.5. The number of amides is 1. The number of piperazine rings is 1. The summed E-state index contributed by atoms with van der Waals surface area (Å²) in [4.78, 5) is 14.2. The van der Waals surface area contributed by atoms with Crippen molar-refractivity contribution in [2.45, 2.75) is 13.0 Å². The molecule has 0 radical (unpaired) electrons. The molecule has 2 aromatic rings. The summed E-state index contributed by atoms with van der Waals surface area (Å²) in [7, 11) is 0. The monoisotopic (exact) mass is 271 g/mol. The zero-order valence-electron chi connectivity index (χ0n) is 11.4. The molecule has 1 aromatic carbocycles. The predicted octanol–water partition coefficient (Wildman–Crippen LogP) is 1.78. The minimum absolute atomic E-state index is 0.0898. The van der Waals surface area contributed by atoms with Crippen molar-refractivity contribution in [1.29, 1.82) is 0 Å². The van der Waals surface area contributed by atoms with Gasteiger partial charge in [0.25, 0.3) is 5.91 Å². The molecule has 3 rings (SSSR count). The fraction of sp³-hybridized carbons (Fsp3) is 0.333. The molecule has 0 spiro atoms. The summed E-state index contributed by atoms with van der Waals surface area (Å²) in [5.74, 6) is 0.214. The Hall–Kier alpha value is -2.14. The Bertz CT molecular complexity index is 594. The second-order valence-electron chi connectivity index (χ2n) is 5.05. The van der Waals surface area contributed by atoms with E-state index in [-0.39, 0.29) is 5.91 Å². The molecule has 1 fully saturated rings. The highest BCUT2D eigenvalue weighted by Gasteiger charge is 2.24. The van der Waals surface area contributed by atoms with Gasteiger partial charge >= 0.3 is 0 Å². The molecular formula is C15H17N3O2. The second kappa shape index (κ2) is 5.46. The first kappa shape index (κ1) is 12.9. The summed E-state index contributed by atoms with van der Waals surface area (Å²) in [6.45, 7) is 4.27. The molecule has 1 atom stereocenters. The molecule has 104 valence electrons. The number of carbonyl (C=O) groups is 1. The number of nitrogens with zero attached hydrogens (tertiary/aromatic N) is 2. The van der Waals surface area contributed by atoms with E-state index in [0.717, 1.165) is 12.1 Å². The lowest BCUT2D eigenvalue weighted by Gasteiger charge is -2.31. The van der Waals surface area contributed by atoms with Crippen molar-refractivity contribution >= 4 is 5.91 Å². The minimum Gasteiger partial charge on any atom is -0.350 e. The molecule has 5 nitrogen and oxygen atoms in total. The van der Waals surface area contributed by atoms with Crippen LogP contribution in [0.5, 0.6) is 0 Å². The Morgan fingerprint density at radius 2 is 2.20 bits per heavy atom. The van der Waals surface area contributed by atoms with Crippen molar-refractivity contribution < 1.29 is 9.32 Å². The van der Waals surface area contributed by atoms with Crippen molar-refractivity contribution in [3.63, 3.8) is 0 Å².